The molecule has 1 aliphatic carbocycles. The van der Waals surface area contributed by atoms with Gasteiger partial charge < -0.3 is 24.8 Å². The summed E-state index contributed by atoms with van der Waals surface area (Å²) < 4.78 is 5.33. The van der Waals surface area contributed by atoms with Crippen LogP contribution in [-0.4, -0.2) is 124 Å². The minimum Gasteiger partial charge on any atom is -0.378 e. The van der Waals surface area contributed by atoms with Crippen molar-refractivity contribution in [2.24, 2.45) is 4.99 Å². The number of amides is 1. The molecule has 0 spiro atoms. The first-order chi connectivity index (χ1) is 13.7. The Bertz CT molecular complexity index is 515. The van der Waals surface area contributed by atoms with Gasteiger partial charge in [-0.2, -0.15) is 0 Å². The van der Waals surface area contributed by atoms with Crippen LogP contribution in [0.4, 0.5) is 0 Å². The van der Waals surface area contributed by atoms with Crippen LogP contribution < -0.4 is 5.32 Å². The molecule has 0 radical (unpaired) electrons. The molecule has 1 N–H and O–H groups in total. The van der Waals surface area contributed by atoms with E-state index in [4.69, 9.17) is 4.74 Å². The van der Waals surface area contributed by atoms with Crippen LogP contribution >= 0.6 is 24.0 Å². The molecule has 3 rings (SSSR count). The molecule has 0 aromatic heterocycles. The van der Waals surface area contributed by atoms with Gasteiger partial charge in [0.05, 0.1) is 19.8 Å². The SMILES string of the molecule is CN=C(NCCN(C)C1CCCC1)N1CCN(CC(=O)N2CCOCC2)CC1.I. The number of halogens is 1. The molecule has 3 fully saturated rings. The number of nitrogens with zero attached hydrogens (tertiary/aromatic N) is 5. The fourth-order valence-corrected chi connectivity index (χ4v) is 4.43. The van der Waals surface area contributed by atoms with Crippen molar-refractivity contribution in [2.75, 3.05) is 86.2 Å². The van der Waals surface area contributed by atoms with E-state index >= 15 is 0 Å². The molecular weight excluding hydrogens is 483 g/mol. The number of ether oxygens (including phenoxy) is 1. The minimum atomic E-state index is 0. The Kier molecular flexibility index (Phi) is 11.0. The van der Waals surface area contributed by atoms with Gasteiger partial charge in [0.2, 0.25) is 5.91 Å². The van der Waals surface area contributed by atoms with Gasteiger partial charge in [0.1, 0.15) is 0 Å². The summed E-state index contributed by atoms with van der Waals surface area (Å²) in [4.78, 5) is 25.9. The van der Waals surface area contributed by atoms with Crippen molar-refractivity contribution in [1.29, 1.82) is 0 Å². The number of carbonyl (C=O) groups is 1. The van der Waals surface area contributed by atoms with Gasteiger partial charge in [-0.15, -0.1) is 24.0 Å². The molecule has 1 saturated carbocycles. The van der Waals surface area contributed by atoms with Crippen LogP contribution in [0.3, 0.4) is 0 Å². The van der Waals surface area contributed by atoms with E-state index in [2.05, 4.69) is 32.1 Å². The molecule has 0 unspecified atom stereocenters. The van der Waals surface area contributed by atoms with Gasteiger partial charge >= 0.3 is 0 Å². The lowest BCUT2D eigenvalue weighted by atomic mass is 10.2. The van der Waals surface area contributed by atoms with Gasteiger partial charge in [-0.3, -0.25) is 14.7 Å². The van der Waals surface area contributed by atoms with Crippen LogP contribution in [0.15, 0.2) is 4.99 Å². The molecule has 0 aromatic carbocycles. The summed E-state index contributed by atoms with van der Waals surface area (Å²) in [6, 6.07) is 0.761. The van der Waals surface area contributed by atoms with Crippen molar-refractivity contribution in [3.63, 3.8) is 0 Å². The average molecular weight is 522 g/mol. The third kappa shape index (κ3) is 7.52. The summed E-state index contributed by atoms with van der Waals surface area (Å²) in [7, 11) is 4.10. The van der Waals surface area contributed by atoms with E-state index in [9.17, 15) is 4.79 Å². The van der Waals surface area contributed by atoms with Gasteiger partial charge in [0.25, 0.3) is 0 Å². The van der Waals surface area contributed by atoms with Crippen molar-refractivity contribution >= 4 is 35.8 Å². The lowest BCUT2D eigenvalue weighted by Gasteiger charge is -2.37. The van der Waals surface area contributed by atoms with E-state index < -0.39 is 0 Å². The normalized spacial score (nSPS) is 22.1. The largest absolute Gasteiger partial charge is 0.378 e. The van der Waals surface area contributed by atoms with Crippen LogP contribution in [0.5, 0.6) is 0 Å². The first kappa shape index (κ1) is 24.6. The van der Waals surface area contributed by atoms with Gasteiger partial charge in [0, 0.05) is 65.4 Å². The van der Waals surface area contributed by atoms with Crippen molar-refractivity contribution in [2.45, 2.75) is 31.7 Å². The molecule has 1 amide bonds. The predicted octanol–water partition coefficient (Wildman–Crippen LogP) is 0.531. The third-order valence-electron chi connectivity index (χ3n) is 6.30. The molecular formula is C20H39IN6O2. The Morgan fingerprint density at radius 3 is 2.34 bits per heavy atom. The van der Waals surface area contributed by atoms with Crippen LogP contribution in [0.25, 0.3) is 0 Å². The summed E-state index contributed by atoms with van der Waals surface area (Å²) in [6.45, 7) is 8.91. The molecule has 2 saturated heterocycles. The highest BCUT2D eigenvalue weighted by atomic mass is 127. The van der Waals surface area contributed by atoms with Crippen molar-refractivity contribution in [3.05, 3.63) is 0 Å². The van der Waals surface area contributed by atoms with E-state index in [1.807, 2.05) is 11.9 Å². The summed E-state index contributed by atoms with van der Waals surface area (Å²) in [5, 5.41) is 3.53. The highest BCUT2D eigenvalue weighted by Crippen LogP contribution is 2.21. The maximum absolute atomic E-state index is 12.4. The molecule has 9 heteroatoms. The Labute approximate surface area is 193 Å². The van der Waals surface area contributed by atoms with Gasteiger partial charge in [-0.05, 0) is 19.9 Å². The topological polar surface area (TPSA) is 63.7 Å². The first-order valence-electron chi connectivity index (χ1n) is 10.9. The second-order valence-corrected chi connectivity index (χ2v) is 8.15. The van der Waals surface area contributed by atoms with E-state index in [-0.39, 0.29) is 29.9 Å². The van der Waals surface area contributed by atoms with Crippen LogP contribution in [-0.2, 0) is 9.53 Å². The second kappa shape index (κ2) is 12.9. The van der Waals surface area contributed by atoms with Crippen molar-refractivity contribution in [3.8, 4) is 0 Å². The summed E-state index contributed by atoms with van der Waals surface area (Å²) >= 11 is 0. The highest BCUT2D eigenvalue weighted by molar-refractivity contribution is 14.0. The van der Waals surface area contributed by atoms with E-state index in [0.717, 1.165) is 64.4 Å². The number of morpholine rings is 1. The number of likely N-dealkylation sites (N-methyl/N-ethyl adjacent to an activating group) is 1. The smallest absolute Gasteiger partial charge is 0.236 e. The number of guanidine groups is 1. The minimum absolute atomic E-state index is 0. The molecule has 168 valence electrons. The zero-order valence-electron chi connectivity index (χ0n) is 18.1. The third-order valence-corrected chi connectivity index (χ3v) is 6.30. The maximum Gasteiger partial charge on any atom is 0.236 e. The number of piperazine rings is 1. The van der Waals surface area contributed by atoms with Crippen LogP contribution in [0.2, 0.25) is 0 Å². The number of hydrogen-bond acceptors (Lipinski definition) is 5. The van der Waals surface area contributed by atoms with E-state index in [1.165, 1.54) is 25.7 Å². The molecule has 0 atom stereocenters. The molecule has 0 aromatic rings. The fraction of sp³-hybridized carbons (Fsp3) is 0.900. The van der Waals surface area contributed by atoms with Gasteiger partial charge in [0.15, 0.2) is 5.96 Å². The van der Waals surface area contributed by atoms with Crippen molar-refractivity contribution in [1.82, 2.24) is 24.9 Å². The molecule has 29 heavy (non-hydrogen) atoms. The molecule has 2 heterocycles. The quantitative estimate of drug-likeness (QED) is 0.312. The zero-order chi connectivity index (χ0) is 19.8. The first-order valence-corrected chi connectivity index (χ1v) is 10.9. The lowest BCUT2D eigenvalue weighted by Crippen LogP contribution is -2.55. The summed E-state index contributed by atoms with van der Waals surface area (Å²) in [5.74, 6) is 1.22. The monoisotopic (exact) mass is 522 g/mol. The fourth-order valence-electron chi connectivity index (χ4n) is 4.43. The highest BCUT2D eigenvalue weighted by Gasteiger charge is 2.24. The number of nitrogens with one attached hydrogen (secondary N) is 1. The average Bonchev–Trinajstić information content (AvgIpc) is 3.27. The molecule has 8 nitrogen and oxygen atoms in total. The number of hydrogen-bond donors (Lipinski definition) is 1. The van der Waals surface area contributed by atoms with E-state index in [0.29, 0.717) is 19.8 Å². The summed E-state index contributed by atoms with van der Waals surface area (Å²) in [6.07, 6.45) is 5.44. The van der Waals surface area contributed by atoms with Crippen LogP contribution in [0.1, 0.15) is 25.7 Å². The number of aliphatic imine (C=N–C) groups is 1. The lowest BCUT2D eigenvalue weighted by molar-refractivity contribution is -0.136. The Morgan fingerprint density at radius 2 is 1.72 bits per heavy atom. The maximum atomic E-state index is 12.4. The van der Waals surface area contributed by atoms with Crippen LogP contribution in [0, 0.1) is 0 Å². The predicted molar refractivity (Wildman–Crippen MR) is 127 cm³/mol. The molecule has 2 aliphatic heterocycles. The van der Waals surface area contributed by atoms with Gasteiger partial charge in [-0.25, -0.2) is 0 Å². The standard InChI is InChI=1S/C20H38N6O2.HI/c1-21-20(22-7-8-23(2)18-5-3-4-6-18)26-11-9-24(10-12-26)17-19(27)25-13-15-28-16-14-25;/h18H,3-17H2,1-2H3,(H,21,22);1H. The number of rotatable bonds is 6. The Balaban J connectivity index is 0.00000300. The molecule has 3 aliphatic rings. The number of carbonyl (C=O) groups excluding carboxylic acids is 1. The Morgan fingerprint density at radius 1 is 1.07 bits per heavy atom. The molecule has 0 bridgehead atoms. The summed E-state index contributed by atoms with van der Waals surface area (Å²) in [5.41, 5.74) is 0. The van der Waals surface area contributed by atoms with E-state index in [1.54, 1.807) is 0 Å². The Hall–Kier alpha value is -0.650. The zero-order valence-corrected chi connectivity index (χ0v) is 20.5. The van der Waals surface area contributed by atoms with Gasteiger partial charge in [-0.1, -0.05) is 12.8 Å². The second-order valence-electron chi connectivity index (χ2n) is 8.15. The van der Waals surface area contributed by atoms with Crippen molar-refractivity contribution < 1.29 is 9.53 Å².